The number of carbonyl (C=O) groups is 2. The Balaban J connectivity index is 2.19. The first-order valence-electron chi connectivity index (χ1n) is 9.32. The molecule has 1 aromatic heterocycles. The van der Waals surface area contributed by atoms with Crippen LogP contribution in [0.3, 0.4) is 0 Å². The normalized spacial score (nSPS) is 10.9. The molecule has 0 spiro atoms. The number of aromatic nitrogens is 1. The van der Waals surface area contributed by atoms with Crippen molar-refractivity contribution in [3.05, 3.63) is 63.3 Å². The highest BCUT2D eigenvalue weighted by molar-refractivity contribution is 6.37. The summed E-state index contributed by atoms with van der Waals surface area (Å²) in [7, 11) is 1.53. The van der Waals surface area contributed by atoms with Crippen molar-refractivity contribution >= 4 is 45.9 Å². The van der Waals surface area contributed by atoms with Crippen LogP contribution in [-0.2, 0) is 11.2 Å². The zero-order valence-electron chi connectivity index (χ0n) is 16.5. The van der Waals surface area contributed by atoms with Crippen molar-refractivity contribution in [3.63, 3.8) is 0 Å². The van der Waals surface area contributed by atoms with Crippen LogP contribution in [0.2, 0.25) is 10.0 Å². The number of ether oxygens (including phenoxy) is 1. The molecular weight excluding hydrogens is 411 g/mol. The van der Waals surface area contributed by atoms with Gasteiger partial charge in [-0.15, -0.1) is 0 Å². The maximum absolute atomic E-state index is 13.3. The molecule has 7 heteroatoms. The monoisotopic (exact) mass is 432 g/mol. The molecule has 0 atom stereocenters. The highest BCUT2D eigenvalue weighted by Crippen LogP contribution is 2.38. The number of nitrogens with zero attached hydrogens (tertiary/aromatic N) is 1. The van der Waals surface area contributed by atoms with E-state index in [1.807, 2.05) is 13.8 Å². The van der Waals surface area contributed by atoms with Crippen LogP contribution < -0.4 is 10.1 Å². The van der Waals surface area contributed by atoms with E-state index in [1.165, 1.54) is 7.11 Å². The largest absolute Gasteiger partial charge is 0.495 e. The average molecular weight is 433 g/mol. The smallest absolute Gasteiger partial charge is 0.262 e. The van der Waals surface area contributed by atoms with Gasteiger partial charge >= 0.3 is 0 Å². The maximum Gasteiger partial charge on any atom is 0.262 e. The Morgan fingerprint density at radius 1 is 1.10 bits per heavy atom. The van der Waals surface area contributed by atoms with Crippen molar-refractivity contribution < 1.29 is 14.3 Å². The molecule has 0 fully saturated rings. The number of benzene rings is 2. The zero-order chi connectivity index (χ0) is 21.1. The fourth-order valence-corrected chi connectivity index (χ4v) is 3.84. The summed E-state index contributed by atoms with van der Waals surface area (Å²) in [5.41, 5.74) is 2.50. The lowest BCUT2D eigenvalue weighted by Gasteiger charge is -2.08. The lowest BCUT2D eigenvalue weighted by molar-refractivity contribution is -0.120. The van der Waals surface area contributed by atoms with E-state index in [9.17, 15) is 9.59 Å². The standard InChI is InChI=1S/C22H22Cl2N2O3/c1-4-11-25-19(27)12-16-13(2)26(22(28)14-5-7-15(23)8-6-14)17-9-10-18(29-3)21(24)20(16)17/h5-10H,4,11-12H2,1-3H3,(H,25,27). The van der Waals surface area contributed by atoms with Crippen LogP contribution in [0.4, 0.5) is 0 Å². The lowest BCUT2D eigenvalue weighted by atomic mass is 10.1. The quantitative estimate of drug-likeness (QED) is 0.594. The van der Waals surface area contributed by atoms with Crippen molar-refractivity contribution in [2.75, 3.05) is 13.7 Å². The molecule has 0 saturated carbocycles. The Morgan fingerprint density at radius 2 is 1.79 bits per heavy atom. The second-order valence-electron chi connectivity index (χ2n) is 6.71. The fourth-order valence-electron chi connectivity index (χ4n) is 3.36. The molecule has 1 heterocycles. The molecule has 0 saturated heterocycles. The predicted molar refractivity (Wildman–Crippen MR) is 116 cm³/mol. The minimum Gasteiger partial charge on any atom is -0.495 e. The summed E-state index contributed by atoms with van der Waals surface area (Å²) >= 11 is 12.5. The van der Waals surface area contributed by atoms with Gasteiger partial charge in [0.15, 0.2) is 0 Å². The number of hydrogen-bond donors (Lipinski definition) is 1. The van der Waals surface area contributed by atoms with Gasteiger partial charge in [-0.25, -0.2) is 0 Å². The fraction of sp³-hybridized carbons (Fsp3) is 0.273. The molecule has 3 rings (SSSR count). The Hall–Kier alpha value is -2.50. The minimum absolute atomic E-state index is 0.119. The van der Waals surface area contributed by atoms with Crippen LogP contribution in [0.5, 0.6) is 5.75 Å². The molecule has 0 aliphatic carbocycles. The van der Waals surface area contributed by atoms with Gasteiger partial charge in [-0.2, -0.15) is 0 Å². The van der Waals surface area contributed by atoms with Crippen molar-refractivity contribution in [1.82, 2.24) is 9.88 Å². The highest BCUT2D eigenvalue weighted by Gasteiger charge is 2.24. The number of halogens is 2. The lowest BCUT2D eigenvalue weighted by Crippen LogP contribution is -2.26. The third-order valence-corrected chi connectivity index (χ3v) is 5.45. The van der Waals surface area contributed by atoms with Gasteiger partial charge in [0.25, 0.3) is 5.91 Å². The number of amides is 1. The molecule has 0 aliphatic heterocycles. The Bertz CT molecular complexity index is 1070. The van der Waals surface area contributed by atoms with E-state index in [0.717, 1.165) is 6.42 Å². The summed E-state index contributed by atoms with van der Waals surface area (Å²) in [4.78, 5) is 25.7. The number of rotatable bonds is 6. The Kier molecular flexibility index (Phi) is 6.50. The van der Waals surface area contributed by atoms with Crippen LogP contribution in [0.15, 0.2) is 36.4 Å². The van der Waals surface area contributed by atoms with Crippen molar-refractivity contribution in [2.45, 2.75) is 26.7 Å². The molecule has 0 bridgehead atoms. The average Bonchev–Trinajstić information content (AvgIpc) is 2.99. The second kappa shape index (κ2) is 8.89. The third-order valence-electron chi connectivity index (χ3n) is 4.82. The summed E-state index contributed by atoms with van der Waals surface area (Å²) in [5, 5.41) is 4.46. The van der Waals surface area contributed by atoms with E-state index in [-0.39, 0.29) is 18.2 Å². The molecule has 152 valence electrons. The van der Waals surface area contributed by atoms with Gasteiger partial charge in [-0.3, -0.25) is 14.2 Å². The first-order valence-corrected chi connectivity index (χ1v) is 10.1. The topological polar surface area (TPSA) is 60.3 Å². The van der Waals surface area contributed by atoms with E-state index >= 15 is 0 Å². The zero-order valence-corrected chi connectivity index (χ0v) is 18.0. The molecule has 1 amide bonds. The highest BCUT2D eigenvalue weighted by atomic mass is 35.5. The van der Waals surface area contributed by atoms with Gasteiger partial charge in [0.1, 0.15) is 5.75 Å². The van der Waals surface area contributed by atoms with E-state index in [2.05, 4.69) is 5.32 Å². The summed E-state index contributed by atoms with van der Waals surface area (Å²) < 4.78 is 6.93. The number of hydrogen-bond acceptors (Lipinski definition) is 3. The van der Waals surface area contributed by atoms with E-state index in [0.29, 0.717) is 50.1 Å². The van der Waals surface area contributed by atoms with Crippen molar-refractivity contribution in [3.8, 4) is 5.75 Å². The van der Waals surface area contributed by atoms with Crippen LogP contribution in [0, 0.1) is 6.92 Å². The van der Waals surface area contributed by atoms with Gasteiger partial charge in [-0.1, -0.05) is 30.1 Å². The minimum atomic E-state index is -0.217. The van der Waals surface area contributed by atoms with Crippen LogP contribution in [-0.4, -0.2) is 30.0 Å². The summed E-state index contributed by atoms with van der Waals surface area (Å²) in [6.07, 6.45) is 0.965. The maximum atomic E-state index is 13.3. The van der Waals surface area contributed by atoms with Gasteiger partial charge in [0.05, 0.1) is 24.1 Å². The number of methoxy groups -OCH3 is 1. The number of nitrogens with one attached hydrogen (secondary N) is 1. The van der Waals surface area contributed by atoms with Crippen LogP contribution >= 0.6 is 23.2 Å². The third kappa shape index (κ3) is 4.11. The molecule has 0 aliphatic rings. The molecule has 29 heavy (non-hydrogen) atoms. The van der Waals surface area contributed by atoms with E-state index < -0.39 is 0 Å². The summed E-state index contributed by atoms with van der Waals surface area (Å²) in [5.74, 6) is 0.155. The number of fused-ring (bicyclic) bond motifs is 1. The number of carbonyl (C=O) groups excluding carboxylic acids is 2. The second-order valence-corrected chi connectivity index (χ2v) is 7.53. The molecule has 2 aromatic carbocycles. The van der Waals surface area contributed by atoms with Crippen LogP contribution in [0.25, 0.3) is 10.9 Å². The van der Waals surface area contributed by atoms with E-state index in [1.54, 1.807) is 41.0 Å². The molecule has 0 radical (unpaired) electrons. The van der Waals surface area contributed by atoms with Crippen molar-refractivity contribution in [1.29, 1.82) is 0 Å². The Morgan fingerprint density at radius 3 is 2.41 bits per heavy atom. The van der Waals surface area contributed by atoms with Gasteiger partial charge in [-0.05, 0) is 55.3 Å². The Labute approximate surface area is 179 Å². The van der Waals surface area contributed by atoms with Gasteiger partial charge in [0.2, 0.25) is 5.91 Å². The first kappa shape index (κ1) is 21.2. The summed E-state index contributed by atoms with van der Waals surface area (Å²) in [6, 6.07) is 10.2. The van der Waals surface area contributed by atoms with Gasteiger partial charge < -0.3 is 10.1 Å². The molecule has 5 nitrogen and oxygen atoms in total. The first-order chi connectivity index (χ1) is 13.9. The molecule has 0 unspecified atom stereocenters. The molecular formula is C22H22Cl2N2O3. The van der Waals surface area contributed by atoms with E-state index in [4.69, 9.17) is 27.9 Å². The predicted octanol–water partition coefficient (Wildman–Crippen LogP) is 5.02. The van der Waals surface area contributed by atoms with Crippen LogP contribution in [0.1, 0.15) is 35.0 Å². The molecule has 1 N–H and O–H groups in total. The molecule has 3 aromatic rings. The SMILES string of the molecule is CCCNC(=O)Cc1c(C)n(C(=O)c2ccc(Cl)cc2)c2ccc(OC)c(Cl)c12. The van der Waals surface area contributed by atoms with Crippen molar-refractivity contribution in [2.24, 2.45) is 0 Å². The summed E-state index contributed by atoms with van der Waals surface area (Å²) in [6.45, 7) is 4.40. The van der Waals surface area contributed by atoms with Gasteiger partial charge in [0, 0.05) is 28.2 Å².